The first-order chi connectivity index (χ1) is 10.5. The lowest BCUT2D eigenvalue weighted by Crippen LogP contribution is -2.14. The molecule has 0 saturated carbocycles. The van der Waals surface area contributed by atoms with Crippen molar-refractivity contribution in [3.05, 3.63) is 34.1 Å². The van der Waals surface area contributed by atoms with Crippen LogP contribution in [0, 0.1) is 11.3 Å². The second-order valence-corrected chi connectivity index (χ2v) is 5.55. The van der Waals surface area contributed by atoms with Gasteiger partial charge in [-0.1, -0.05) is 11.8 Å². The summed E-state index contributed by atoms with van der Waals surface area (Å²) < 4.78 is 5.49. The molecule has 0 atom stereocenters. The van der Waals surface area contributed by atoms with E-state index < -0.39 is 5.56 Å². The maximum absolute atomic E-state index is 11.9. The average molecular weight is 317 g/mol. The number of nitriles is 1. The summed E-state index contributed by atoms with van der Waals surface area (Å²) in [6.45, 7) is 3.75. The maximum Gasteiger partial charge on any atom is 0.270 e. The number of H-pyrrole nitrogens is 1. The van der Waals surface area contributed by atoms with Crippen molar-refractivity contribution in [2.75, 3.05) is 6.26 Å². The molecule has 0 aliphatic carbocycles. The van der Waals surface area contributed by atoms with Crippen LogP contribution in [0.5, 0.6) is 11.5 Å². The fourth-order valence-corrected chi connectivity index (χ4v) is 2.28. The number of rotatable bonds is 4. The molecule has 2 rings (SSSR count). The van der Waals surface area contributed by atoms with Gasteiger partial charge in [0, 0.05) is 11.6 Å². The van der Waals surface area contributed by atoms with E-state index in [0.29, 0.717) is 16.5 Å². The molecule has 0 spiro atoms. The lowest BCUT2D eigenvalue weighted by atomic mass is 10.1. The Morgan fingerprint density at radius 2 is 2.18 bits per heavy atom. The number of aromatic hydroxyl groups is 1. The van der Waals surface area contributed by atoms with Crippen LogP contribution >= 0.6 is 11.8 Å². The molecule has 0 aliphatic heterocycles. The third-order valence-electron chi connectivity index (χ3n) is 2.80. The monoisotopic (exact) mass is 317 g/mol. The van der Waals surface area contributed by atoms with E-state index in [2.05, 4.69) is 9.97 Å². The Morgan fingerprint density at radius 1 is 1.45 bits per heavy atom. The molecule has 0 amide bonds. The van der Waals surface area contributed by atoms with Crippen molar-refractivity contribution < 1.29 is 9.84 Å². The van der Waals surface area contributed by atoms with Gasteiger partial charge in [0.05, 0.1) is 6.10 Å². The van der Waals surface area contributed by atoms with Gasteiger partial charge in [-0.2, -0.15) is 5.26 Å². The van der Waals surface area contributed by atoms with Crippen molar-refractivity contribution in [3.63, 3.8) is 0 Å². The van der Waals surface area contributed by atoms with E-state index in [1.807, 2.05) is 19.9 Å². The van der Waals surface area contributed by atoms with Crippen LogP contribution in [0.15, 0.2) is 28.2 Å². The van der Waals surface area contributed by atoms with Crippen LogP contribution in [0.4, 0.5) is 0 Å². The molecule has 6 nitrogen and oxygen atoms in total. The summed E-state index contributed by atoms with van der Waals surface area (Å²) in [5.41, 5.74) is -0.192. The average Bonchev–Trinajstić information content (AvgIpc) is 2.46. The minimum atomic E-state index is -0.529. The number of nitrogens with zero attached hydrogens (tertiary/aromatic N) is 2. The standard InChI is InChI=1S/C15H15N3O3S/c1-8(2)21-9-4-5-10(12(19)6-9)13-11(7-16)14(20)18-15(17-13)22-3/h4-6,8,19H,1-3H3,(H,17,18,20). The Kier molecular flexibility index (Phi) is 4.73. The SMILES string of the molecule is CSc1nc(-c2ccc(OC(C)C)cc2O)c(C#N)c(=O)[nH]1. The zero-order valence-corrected chi connectivity index (χ0v) is 13.2. The first-order valence-electron chi connectivity index (χ1n) is 6.54. The molecule has 1 aromatic heterocycles. The molecule has 0 bridgehead atoms. The van der Waals surface area contributed by atoms with Crippen LogP contribution < -0.4 is 10.3 Å². The van der Waals surface area contributed by atoms with Crippen LogP contribution in [-0.2, 0) is 0 Å². The largest absolute Gasteiger partial charge is 0.507 e. The number of ether oxygens (including phenoxy) is 1. The van der Waals surface area contributed by atoms with Crippen molar-refractivity contribution in [3.8, 4) is 28.8 Å². The first-order valence-corrected chi connectivity index (χ1v) is 7.77. The summed E-state index contributed by atoms with van der Waals surface area (Å²) in [6, 6.07) is 6.52. The molecule has 2 aromatic rings. The maximum atomic E-state index is 11.9. The van der Waals surface area contributed by atoms with Gasteiger partial charge in [-0.05, 0) is 32.2 Å². The molecule has 0 unspecified atom stereocenters. The van der Waals surface area contributed by atoms with Gasteiger partial charge >= 0.3 is 0 Å². The van der Waals surface area contributed by atoms with Gasteiger partial charge in [0.15, 0.2) is 5.16 Å². The fourth-order valence-electron chi connectivity index (χ4n) is 1.91. The summed E-state index contributed by atoms with van der Waals surface area (Å²) >= 11 is 1.25. The minimum Gasteiger partial charge on any atom is -0.507 e. The zero-order chi connectivity index (χ0) is 16.3. The molecule has 0 saturated heterocycles. The van der Waals surface area contributed by atoms with Gasteiger partial charge in [-0.15, -0.1) is 0 Å². The second kappa shape index (κ2) is 6.54. The minimum absolute atomic E-state index is 0.0271. The number of aromatic nitrogens is 2. The predicted octanol–water partition coefficient (Wildman–Crippen LogP) is 2.52. The van der Waals surface area contributed by atoms with Gasteiger partial charge in [0.2, 0.25) is 0 Å². The van der Waals surface area contributed by atoms with Crippen molar-refractivity contribution >= 4 is 11.8 Å². The molecule has 0 aliphatic rings. The number of hydrogen-bond acceptors (Lipinski definition) is 6. The number of thioether (sulfide) groups is 1. The summed E-state index contributed by atoms with van der Waals surface area (Å²) in [6.07, 6.45) is 1.73. The Labute approximate surface area is 131 Å². The van der Waals surface area contributed by atoms with E-state index in [1.165, 1.54) is 17.8 Å². The van der Waals surface area contributed by atoms with Crippen molar-refractivity contribution in [2.24, 2.45) is 0 Å². The molecular formula is C15H15N3O3S. The molecule has 22 heavy (non-hydrogen) atoms. The van der Waals surface area contributed by atoms with Crippen LogP contribution in [0.25, 0.3) is 11.3 Å². The smallest absolute Gasteiger partial charge is 0.270 e. The highest BCUT2D eigenvalue weighted by Gasteiger charge is 2.16. The van der Waals surface area contributed by atoms with E-state index in [1.54, 1.807) is 18.4 Å². The molecule has 7 heteroatoms. The van der Waals surface area contributed by atoms with Gasteiger partial charge in [-0.25, -0.2) is 4.98 Å². The topological polar surface area (TPSA) is 99.0 Å². The van der Waals surface area contributed by atoms with Crippen LogP contribution in [0.3, 0.4) is 0 Å². The van der Waals surface area contributed by atoms with E-state index in [-0.39, 0.29) is 23.1 Å². The number of aromatic amines is 1. The van der Waals surface area contributed by atoms with Gasteiger partial charge in [-0.3, -0.25) is 4.79 Å². The number of phenols is 1. The molecule has 0 radical (unpaired) electrons. The highest BCUT2D eigenvalue weighted by atomic mass is 32.2. The number of phenolic OH excluding ortho intramolecular Hbond substituents is 1. The third-order valence-corrected chi connectivity index (χ3v) is 3.38. The Hall–Kier alpha value is -2.46. The highest BCUT2D eigenvalue weighted by molar-refractivity contribution is 7.98. The third kappa shape index (κ3) is 3.23. The molecule has 114 valence electrons. The Morgan fingerprint density at radius 3 is 2.73 bits per heavy atom. The molecule has 1 aromatic carbocycles. The molecule has 2 N–H and O–H groups in total. The van der Waals surface area contributed by atoms with E-state index in [4.69, 9.17) is 10.00 Å². The van der Waals surface area contributed by atoms with Crippen LogP contribution in [-0.4, -0.2) is 27.4 Å². The highest BCUT2D eigenvalue weighted by Crippen LogP contribution is 2.33. The van der Waals surface area contributed by atoms with Crippen molar-refractivity contribution in [1.82, 2.24) is 9.97 Å². The van der Waals surface area contributed by atoms with E-state index >= 15 is 0 Å². The lowest BCUT2D eigenvalue weighted by molar-refractivity contribution is 0.241. The number of hydrogen-bond donors (Lipinski definition) is 2. The number of benzene rings is 1. The first kappa shape index (κ1) is 15.9. The van der Waals surface area contributed by atoms with Crippen LogP contribution in [0.1, 0.15) is 19.4 Å². The van der Waals surface area contributed by atoms with Crippen molar-refractivity contribution in [1.29, 1.82) is 5.26 Å². The lowest BCUT2D eigenvalue weighted by Gasteiger charge is -2.12. The predicted molar refractivity (Wildman–Crippen MR) is 84.2 cm³/mol. The molecule has 0 fully saturated rings. The van der Waals surface area contributed by atoms with E-state index in [0.717, 1.165) is 0 Å². The van der Waals surface area contributed by atoms with Gasteiger partial charge in [0.1, 0.15) is 28.8 Å². The second-order valence-electron chi connectivity index (χ2n) is 4.76. The van der Waals surface area contributed by atoms with E-state index in [9.17, 15) is 9.90 Å². The van der Waals surface area contributed by atoms with Gasteiger partial charge in [0.25, 0.3) is 5.56 Å². The fraction of sp³-hybridized carbons (Fsp3) is 0.267. The Bertz CT molecular complexity index is 794. The zero-order valence-electron chi connectivity index (χ0n) is 12.4. The summed E-state index contributed by atoms with van der Waals surface area (Å²) in [4.78, 5) is 18.6. The summed E-state index contributed by atoms with van der Waals surface area (Å²) in [5.74, 6) is 0.407. The van der Waals surface area contributed by atoms with Crippen LogP contribution in [0.2, 0.25) is 0 Å². The summed E-state index contributed by atoms with van der Waals surface area (Å²) in [7, 11) is 0. The molecule has 1 heterocycles. The van der Waals surface area contributed by atoms with Crippen molar-refractivity contribution in [2.45, 2.75) is 25.1 Å². The van der Waals surface area contributed by atoms with Gasteiger partial charge < -0.3 is 14.8 Å². The normalized spacial score (nSPS) is 10.5. The Balaban J connectivity index is 2.59. The quantitative estimate of drug-likeness (QED) is 0.664. The summed E-state index contributed by atoms with van der Waals surface area (Å²) in [5, 5.41) is 19.7. The number of nitrogens with one attached hydrogen (secondary N) is 1. The molecular weight excluding hydrogens is 302 g/mol.